The van der Waals surface area contributed by atoms with Crippen LogP contribution in [0.1, 0.15) is 31.4 Å². The number of carboxylic acid groups (broad SMARTS) is 1. The van der Waals surface area contributed by atoms with Gasteiger partial charge in [-0.25, -0.2) is 17.6 Å². The second-order valence-electron chi connectivity index (χ2n) is 6.52. The number of benzene rings is 2. The van der Waals surface area contributed by atoms with E-state index in [-0.39, 0.29) is 12.0 Å². The molecule has 0 atom stereocenters. The van der Waals surface area contributed by atoms with Crippen molar-refractivity contribution in [2.45, 2.75) is 33.1 Å². The molecule has 172 valence electrons. The van der Waals surface area contributed by atoms with E-state index in [0.29, 0.717) is 12.1 Å². The standard InChI is InChI=1S/C10H11F2NO2.C8H6F2O3.C3H8/c1-13(2)10(15)5-7-8(11)3-6(14)4-9(7)12;9-6-1-4(11)2-7(10)5(6)3-8(12)13;1-3-2/h3-4,14H,5H2,1-2H3;1-2,11H,3H2,(H,12,13);3H2,1-2H3. The summed E-state index contributed by atoms with van der Waals surface area (Å²) in [6.45, 7) is 4.25. The Hall–Kier alpha value is -3.30. The van der Waals surface area contributed by atoms with E-state index in [4.69, 9.17) is 15.3 Å². The van der Waals surface area contributed by atoms with E-state index in [9.17, 15) is 27.2 Å². The van der Waals surface area contributed by atoms with Gasteiger partial charge in [0.15, 0.2) is 0 Å². The molecule has 0 aliphatic heterocycles. The summed E-state index contributed by atoms with van der Waals surface area (Å²) in [4.78, 5) is 22.6. The average Bonchev–Trinajstić information content (AvgIpc) is 2.62. The SMILES string of the molecule is CCC.CN(C)C(=O)Cc1c(F)cc(O)cc1F.O=C(O)Cc1c(F)cc(O)cc1F. The van der Waals surface area contributed by atoms with Crippen molar-refractivity contribution in [2.75, 3.05) is 14.1 Å². The van der Waals surface area contributed by atoms with E-state index < -0.39 is 58.6 Å². The maximum atomic E-state index is 13.2. The van der Waals surface area contributed by atoms with Crippen LogP contribution in [0.4, 0.5) is 17.6 Å². The number of carbonyl (C=O) groups excluding carboxylic acids is 1. The van der Waals surface area contributed by atoms with Crippen LogP contribution in [-0.4, -0.2) is 46.2 Å². The van der Waals surface area contributed by atoms with Gasteiger partial charge in [0, 0.05) is 49.5 Å². The largest absolute Gasteiger partial charge is 0.508 e. The Morgan fingerprint density at radius 3 is 1.32 bits per heavy atom. The molecule has 0 aliphatic carbocycles. The van der Waals surface area contributed by atoms with Crippen molar-refractivity contribution in [1.82, 2.24) is 4.90 Å². The molecule has 1 amide bonds. The molecular weight excluding hydrogens is 422 g/mol. The lowest BCUT2D eigenvalue weighted by molar-refractivity contribution is -0.136. The molecule has 31 heavy (non-hydrogen) atoms. The Kier molecular flexibility index (Phi) is 11.7. The minimum Gasteiger partial charge on any atom is -0.508 e. The molecule has 3 N–H and O–H groups in total. The molecule has 0 unspecified atom stereocenters. The number of hydrogen-bond donors (Lipinski definition) is 3. The number of amides is 1. The first-order chi connectivity index (χ1) is 14.3. The van der Waals surface area contributed by atoms with Gasteiger partial charge < -0.3 is 20.2 Å². The number of aliphatic carboxylic acids is 1. The molecule has 0 bridgehead atoms. The molecule has 6 nitrogen and oxygen atoms in total. The topological polar surface area (TPSA) is 98.1 Å². The van der Waals surface area contributed by atoms with Crippen molar-refractivity contribution in [3.8, 4) is 11.5 Å². The van der Waals surface area contributed by atoms with Crippen LogP contribution in [0, 0.1) is 23.3 Å². The fourth-order valence-electron chi connectivity index (χ4n) is 1.98. The van der Waals surface area contributed by atoms with Gasteiger partial charge in [-0.3, -0.25) is 9.59 Å². The lowest BCUT2D eigenvalue weighted by Gasteiger charge is -2.11. The van der Waals surface area contributed by atoms with Crippen LogP contribution in [0.2, 0.25) is 0 Å². The first-order valence-electron chi connectivity index (χ1n) is 9.09. The van der Waals surface area contributed by atoms with Crippen LogP contribution in [0.3, 0.4) is 0 Å². The molecule has 0 aromatic heterocycles. The highest BCUT2D eigenvalue weighted by atomic mass is 19.1. The highest BCUT2D eigenvalue weighted by Gasteiger charge is 2.16. The molecule has 2 aromatic rings. The number of halogens is 4. The number of likely N-dealkylation sites (N-methyl/N-ethyl adjacent to an activating group) is 1. The van der Waals surface area contributed by atoms with Gasteiger partial charge in [0.1, 0.15) is 34.8 Å². The van der Waals surface area contributed by atoms with Crippen molar-refractivity contribution in [1.29, 1.82) is 0 Å². The highest BCUT2D eigenvalue weighted by Crippen LogP contribution is 2.21. The first-order valence-corrected chi connectivity index (χ1v) is 9.09. The van der Waals surface area contributed by atoms with Crippen molar-refractivity contribution in [2.24, 2.45) is 0 Å². The smallest absolute Gasteiger partial charge is 0.308 e. The van der Waals surface area contributed by atoms with Gasteiger partial charge in [0.2, 0.25) is 5.91 Å². The number of nitrogens with zero attached hydrogens (tertiary/aromatic N) is 1. The Morgan fingerprint density at radius 2 is 1.06 bits per heavy atom. The van der Waals surface area contributed by atoms with Crippen LogP contribution in [-0.2, 0) is 22.4 Å². The maximum absolute atomic E-state index is 13.2. The van der Waals surface area contributed by atoms with E-state index in [1.54, 1.807) is 0 Å². The normalized spacial score (nSPS) is 9.68. The number of phenols is 2. The van der Waals surface area contributed by atoms with E-state index in [0.717, 1.165) is 12.1 Å². The monoisotopic (exact) mass is 447 g/mol. The van der Waals surface area contributed by atoms with Crippen molar-refractivity contribution >= 4 is 11.9 Å². The quantitative estimate of drug-likeness (QED) is 0.615. The lowest BCUT2D eigenvalue weighted by Crippen LogP contribution is -2.24. The maximum Gasteiger partial charge on any atom is 0.308 e. The minimum absolute atomic E-state index is 0.327. The van der Waals surface area contributed by atoms with Gasteiger partial charge in [-0.1, -0.05) is 20.3 Å². The summed E-state index contributed by atoms with van der Waals surface area (Å²) in [6.07, 6.45) is 0.156. The Balaban J connectivity index is 0.000000519. The summed E-state index contributed by atoms with van der Waals surface area (Å²) in [5, 5.41) is 25.9. The van der Waals surface area contributed by atoms with Crippen LogP contribution in [0.25, 0.3) is 0 Å². The minimum atomic E-state index is -1.33. The molecule has 0 spiro atoms. The predicted octanol–water partition coefficient (Wildman–Crippen LogP) is 4.01. The van der Waals surface area contributed by atoms with Crippen molar-refractivity contribution in [3.63, 3.8) is 0 Å². The third-order valence-corrected chi connectivity index (χ3v) is 3.41. The van der Waals surface area contributed by atoms with E-state index >= 15 is 0 Å². The summed E-state index contributed by atoms with van der Waals surface area (Å²) in [5.41, 5.74) is -0.878. The fourth-order valence-corrected chi connectivity index (χ4v) is 1.98. The van der Waals surface area contributed by atoms with E-state index in [1.807, 2.05) is 0 Å². The molecule has 0 fully saturated rings. The molecule has 10 heteroatoms. The molecule has 2 rings (SSSR count). The van der Waals surface area contributed by atoms with Gasteiger partial charge in [0.05, 0.1) is 12.8 Å². The van der Waals surface area contributed by atoms with Crippen LogP contribution >= 0.6 is 0 Å². The number of carbonyl (C=O) groups is 2. The Morgan fingerprint density at radius 1 is 0.774 bits per heavy atom. The van der Waals surface area contributed by atoms with E-state index in [2.05, 4.69) is 13.8 Å². The van der Waals surface area contributed by atoms with Crippen LogP contribution < -0.4 is 0 Å². The number of aromatic hydroxyl groups is 2. The molecule has 2 aromatic carbocycles. The molecule has 0 radical (unpaired) electrons. The van der Waals surface area contributed by atoms with Crippen molar-refractivity contribution in [3.05, 3.63) is 58.7 Å². The third kappa shape index (κ3) is 9.83. The van der Waals surface area contributed by atoms with Gasteiger partial charge >= 0.3 is 5.97 Å². The number of carboxylic acids is 1. The zero-order valence-corrected chi connectivity index (χ0v) is 17.5. The van der Waals surface area contributed by atoms with Gasteiger partial charge in [-0.2, -0.15) is 0 Å². The summed E-state index contributed by atoms with van der Waals surface area (Å²) in [7, 11) is 3.00. The second-order valence-corrected chi connectivity index (χ2v) is 6.52. The molecule has 0 saturated heterocycles. The predicted molar refractivity (Wildman–Crippen MR) is 106 cm³/mol. The van der Waals surface area contributed by atoms with Gasteiger partial charge in [0.25, 0.3) is 0 Å². The Bertz CT molecular complexity index is 857. The molecular formula is C21H25F4NO5. The molecule has 0 saturated carbocycles. The zero-order valence-electron chi connectivity index (χ0n) is 17.5. The van der Waals surface area contributed by atoms with Crippen LogP contribution in [0.5, 0.6) is 11.5 Å². The Labute approximate surface area is 177 Å². The zero-order chi connectivity index (χ0) is 24.3. The number of rotatable bonds is 4. The lowest BCUT2D eigenvalue weighted by atomic mass is 10.1. The first kappa shape index (κ1) is 27.7. The third-order valence-electron chi connectivity index (χ3n) is 3.41. The summed E-state index contributed by atoms with van der Waals surface area (Å²) < 4.78 is 51.9. The fraction of sp³-hybridized carbons (Fsp3) is 0.333. The number of phenolic OH excluding ortho intramolecular Hbond substituents is 2. The van der Waals surface area contributed by atoms with E-state index in [1.165, 1.54) is 25.4 Å². The number of hydrogen-bond acceptors (Lipinski definition) is 4. The van der Waals surface area contributed by atoms with Gasteiger partial charge in [-0.15, -0.1) is 0 Å². The van der Waals surface area contributed by atoms with Crippen molar-refractivity contribution < 1.29 is 42.5 Å². The second kappa shape index (κ2) is 13.1. The summed E-state index contributed by atoms with van der Waals surface area (Å²) >= 11 is 0. The molecule has 0 heterocycles. The summed E-state index contributed by atoms with van der Waals surface area (Å²) in [6, 6.07) is 2.89. The average molecular weight is 447 g/mol. The van der Waals surface area contributed by atoms with Crippen LogP contribution in [0.15, 0.2) is 24.3 Å². The molecule has 0 aliphatic rings. The summed E-state index contributed by atoms with van der Waals surface area (Å²) in [5.74, 6) is -6.73. The van der Waals surface area contributed by atoms with Gasteiger partial charge in [-0.05, 0) is 0 Å². The highest BCUT2D eigenvalue weighted by molar-refractivity contribution is 5.78.